The molecule has 1 amide bonds. The topological polar surface area (TPSA) is 78.8 Å². The Labute approximate surface area is 143 Å². The number of amides is 1. The molecule has 24 heavy (non-hydrogen) atoms. The number of hydrogen-bond donors (Lipinski definition) is 1. The van der Waals surface area contributed by atoms with Crippen molar-refractivity contribution in [2.45, 2.75) is 43.4 Å². The Morgan fingerprint density at radius 1 is 1.17 bits per heavy atom. The molecule has 1 aromatic rings. The predicted octanol–water partition coefficient (Wildman–Crippen LogP) is 2.63. The molecule has 3 rings (SSSR count). The summed E-state index contributed by atoms with van der Waals surface area (Å²) in [6.07, 6.45) is 5.68. The van der Waals surface area contributed by atoms with E-state index >= 15 is 0 Å². The van der Waals surface area contributed by atoms with Crippen LogP contribution in [0, 0.1) is 5.92 Å². The summed E-state index contributed by atoms with van der Waals surface area (Å²) >= 11 is 0. The summed E-state index contributed by atoms with van der Waals surface area (Å²) in [5.74, 6) is 0.710. The van der Waals surface area contributed by atoms with Gasteiger partial charge < -0.3 is 10.2 Å². The van der Waals surface area contributed by atoms with Gasteiger partial charge in [0.25, 0.3) is 10.0 Å². The molecule has 2 aliphatic rings. The standard InChI is InChI=1S/C17H23N3O3S/c1-20-12-4-7-16(20)19-24(22,23)15-10-8-14(9-11-15)18-17(21)13-5-2-3-6-13/h8-11,13H,2-7,12H2,1H3,(H,18,21)/b19-16-. The molecule has 1 aliphatic heterocycles. The maximum atomic E-state index is 12.4. The molecule has 1 N–H and O–H groups in total. The smallest absolute Gasteiger partial charge is 0.283 e. The van der Waals surface area contributed by atoms with Crippen LogP contribution in [0.1, 0.15) is 38.5 Å². The molecule has 1 saturated carbocycles. The minimum Gasteiger partial charge on any atom is -0.362 e. The van der Waals surface area contributed by atoms with E-state index in [1.54, 1.807) is 12.1 Å². The Morgan fingerprint density at radius 2 is 1.83 bits per heavy atom. The van der Waals surface area contributed by atoms with E-state index in [1.165, 1.54) is 12.1 Å². The van der Waals surface area contributed by atoms with Crippen molar-refractivity contribution in [2.75, 3.05) is 18.9 Å². The van der Waals surface area contributed by atoms with E-state index in [4.69, 9.17) is 0 Å². The minimum absolute atomic E-state index is 0.0240. The van der Waals surface area contributed by atoms with Gasteiger partial charge in [-0.15, -0.1) is 4.40 Å². The minimum atomic E-state index is -3.70. The first kappa shape index (κ1) is 17.0. The van der Waals surface area contributed by atoms with E-state index in [2.05, 4.69) is 9.71 Å². The van der Waals surface area contributed by atoms with Crippen LogP contribution in [-0.4, -0.2) is 38.7 Å². The van der Waals surface area contributed by atoms with E-state index < -0.39 is 10.0 Å². The summed E-state index contributed by atoms with van der Waals surface area (Å²) in [7, 11) is -1.85. The first-order valence-corrected chi connectivity index (χ1v) is 9.85. The number of carbonyl (C=O) groups is 1. The normalized spacial score (nSPS) is 20.7. The molecular formula is C17H23N3O3S. The fourth-order valence-electron chi connectivity index (χ4n) is 3.24. The average Bonchev–Trinajstić information content (AvgIpc) is 3.20. The average molecular weight is 349 g/mol. The first-order valence-electron chi connectivity index (χ1n) is 8.41. The first-order chi connectivity index (χ1) is 11.5. The van der Waals surface area contributed by atoms with Crippen molar-refractivity contribution in [1.29, 1.82) is 0 Å². The van der Waals surface area contributed by atoms with Gasteiger partial charge in [-0.05, 0) is 43.5 Å². The van der Waals surface area contributed by atoms with Crippen molar-refractivity contribution in [3.63, 3.8) is 0 Å². The molecule has 0 spiro atoms. The van der Waals surface area contributed by atoms with Crippen LogP contribution in [0.2, 0.25) is 0 Å². The Morgan fingerprint density at radius 3 is 2.42 bits per heavy atom. The number of sulfonamides is 1. The van der Waals surface area contributed by atoms with Gasteiger partial charge in [-0.3, -0.25) is 4.79 Å². The highest BCUT2D eigenvalue weighted by Crippen LogP contribution is 2.26. The lowest BCUT2D eigenvalue weighted by molar-refractivity contribution is -0.119. The fraction of sp³-hybridized carbons (Fsp3) is 0.529. The third kappa shape index (κ3) is 3.77. The molecular weight excluding hydrogens is 326 g/mol. The second-order valence-electron chi connectivity index (χ2n) is 6.50. The van der Waals surface area contributed by atoms with Crippen LogP contribution in [0.25, 0.3) is 0 Å². The third-order valence-corrected chi connectivity index (χ3v) is 6.02. The van der Waals surface area contributed by atoms with Gasteiger partial charge in [0, 0.05) is 31.6 Å². The second kappa shape index (κ2) is 6.93. The van der Waals surface area contributed by atoms with Crippen molar-refractivity contribution >= 4 is 27.5 Å². The zero-order valence-electron chi connectivity index (χ0n) is 13.9. The van der Waals surface area contributed by atoms with Crippen molar-refractivity contribution in [3.05, 3.63) is 24.3 Å². The Balaban J connectivity index is 1.70. The van der Waals surface area contributed by atoms with Crippen LogP contribution in [0.15, 0.2) is 33.6 Å². The lowest BCUT2D eigenvalue weighted by Gasteiger charge is -2.12. The molecule has 1 aromatic carbocycles. The van der Waals surface area contributed by atoms with Gasteiger partial charge in [-0.2, -0.15) is 8.42 Å². The quantitative estimate of drug-likeness (QED) is 0.906. The van der Waals surface area contributed by atoms with Gasteiger partial charge in [0.15, 0.2) is 0 Å². The number of benzene rings is 1. The van der Waals surface area contributed by atoms with E-state index in [-0.39, 0.29) is 16.7 Å². The molecule has 0 atom stereocenters. The van der Waals surface area contributed by atoms with E-state index in [0.717, 1.165) is 38.6 Å². The van der Waals surface area contributed by atoms with Gasteiger partial charge in [0.2, 0.25) is 5.91 Å². The van der Waals surface area contributed by atoms with Gasteiger partial charge in [0.05, 0.1) is 4.90 Å². The maximum absolute atomic E-state index is 12.4. The van der Waals surface area contributed by atoms with E-state index in [9.17, 15) is 13.2 Å². The van der Waals surface area contributed by atoms with Crippen LogP contribution in [0.4, 0.5) is 5.69 Å². The number of hydrogen-bond acceptors (Lipinski definition) is 3. The van der Waals surface area contributed by atoms with Gasteiger partial charge >= 0.3 is 0 Å². The largest absolute Gasteiger partial charge is 0.362 e. The Bertz CT molecular complexity index is 735. The Kier molecular flexibility index (Phi) is 4.89. The lowest BCUT2D eigenvalue weighted by Crippen LogP contribution is -2.21. The maximum Gasteiger partial charge on any atom is 0.283 e. The summed E-state index contributed by atoms with van der Waals surface area (Å²) in [5.41, 5.74) is 0.622. The Hall–Kier alpha value is -1.89. The SMILES string of the molecule is CN1CCC/C1=N/S(=O)(=O)c1ccc(NC(=O)C2CCCC2)cc1. The molecule has 0 unspecified atom stereocenters. The van der Waals surface area contributed by atoms with Gasteiger partial charge in [-0.25, -0.2) is 0 Å². The molecule has 0 radical (unpaired) electrons. The molecule has 130 valence electrons. The van der Waals surface area contributed by atoms with Crippen LogP contribution >= 0.6 is 0 Å². The summed E-state index contributed by atoms with van der Waals surface area (Å²) in [5, 5.41) is 2.86. The number of amidine groups is 1. The summed E-state index contributed by atoms with van der Waals surface area (Å²) < 4.78 is 28.7. The molecule has 0 aromatic heterocycles. The molecule has 2 fully saturated rings. The number of carbonyl (C=O) groups excluding carboxylic acids is 1. The number of nitrogens with one attached hydrogen (secondary N) is 1. The molecule has 1 aliphatic carbocycles. The second-order valence-corrected chi connectivity index (χ2v) is 8.11. The number of nitrogens with zero attached hydrogens (tertiary/aromatic N) is 2. The van der Waals surface area contributed by atoms with Crippen molar-refractivity contribution in [1.82, 2.24) is 4.90 Å². The highest BCUT2D eigenvalue weighted by atomic mass is 32.2. The van der Waals surface area contributed by atoms with Gasteiger partial charge in [0.1, 0.15) is 5.84 Å². The summed E-state index contributed by atoms with van der Waals surface area (Å²) in [6.45, 7) is 0.834. The molecule has 6 nitrogen and oxygen atoms in total. The third-order valence-electron chi connectivity index (χ3n) is 4.71. The van der Waals surface area contributed by atoms with E-state index in [0.29, 0.717) is 17.9 Å². The molecule has 1 saturated heterocycles. The highest BCUT2D eigenvalue weighted by molar-refractivity contribution is 7.90. The van der Waals surface area contributed by atoms with Crippen LogP contribution in [-0.2, 0) is 14.8 Å². The molecule has 7 heteroatoms. The number of rotatable bonds is 4. The van der Waals surface area contributed by atoms with Crippen LogP contribution < -0.4 is 5.32 Å². The zero-order chi connectivity index (χ0) is 17.2. The van der Waals surface area contributed by atoms with Gasteiger partial charge in [-0.1, -0.05) is 12.8 Å². The number of anilines is 1. The van der Waals surface area contributed by atoms with Crippen molar-refractivity contribution in [3.8, 4) is 0 Å². The predicted molar refractivity (Wildman–Crippen MR) is 93.5 cm³/mol. The zero-order valence-corrected chi connectivity index (χ0v) is 14.7. The number of likely N-dealkylation sites (tertiary alicyclic amines) is 1. The highest BCUT2D eigenvalue weighted by Gasteiger charge is 2.23. The van der Waals surface area contributed by atoms with Crippen LogP contribution in [0.3, 0.4) is 0 Å². The van der Waals surface area contributed by atoms with Crippen LogP contribution in [0.5, 0.6) is 0 Å². The molecule has 1 heterocycles. The van der Waals surface area contributed by atoms with Crippen molar-refractivity contribution < 1.29 is 13.2 Å². The fourth-order valence-corrected chi connectivity index (χ4v) is 4.34. The lowest BCUT2D eigenvalue weighted by atomic mass is 10.1. The van der Waals surface area contributed by atoms with E-state index in [1.807, 2.05) is 11.9 Å². The summed E-state index contributed by atoms with van der Waals surface area (Å²) in [4.78, 5) is 14.1. The molecule has 0 bridgehead atoms. The monoisotopic (exact) mass is 349 g/mol. The summed E-state index contributed by atoms with van der Waals surface area (Å²) in [6, 6.07) is 6.24. The van der Waals surface area contributed by atoms with Crippen molar-refractivity contribution in [2.24, 2.45) is 10.3 Å².